The predicted octanol–water partition coefficient (Wildman–Crippen LogP) is 2.17. The van der Waals surface area contributed by atoms with Gasteiger partial charge in [-0.2, -0.15) is 0 Å². The number of alkyl carbamates (subject to hydrolysis) is 1. The van der Waals surface area contributed by atoms with Crippen LogP contribution in [0, 0.1) is 5.92 Å². The lowest BCUT2D eigenvalue weighted by Gasteiger charge is -2.21. The molecule has 0 radical (unpaired) electrons. The van der Waals surface area contributed by atoms with Gasteiger partial charge >= 0.3 is 6.09 Å². The molecule has 12 heavy (non-hydrogen) atoms. The fraction of sp³-hybridized carbons (Fsp3) is 0.889. The maximum atomic E-state index is 10.7. The van der Waals surface area contributed by atoms with Crippen molar-refractivity contribution < 1.29 is 11.0 Å². The van der Waals surface area contributed by atoms with Gasteiger partial charge in [-0.1, -0.05) is 19.3 Å². The Morgan fingerprint density at radius 3 is 2.75 bits per heavy atom. The number of hydrogen-bond acceptors (Lipinski definition) is 2. The zero-order chi connectivity index (χ0) is 8.81. The van der Waals surface area contributed by atoms with Crippen molar-refractivity contribution in [1.29, 1.82) is 0 Å². The van der Waals surface area contributed by atoms with E-state index in [1.165, 1.54) is 39.2 Å². The minimum Gasteiger partial charge on any atom is -0.453 e. The number of rotatable bonds is 2. The first-order valence-corrected chi connectivity index (χ1v) is 4.64. The first-order chi connectivity index (χ1) is 5.83. The second-order valence-electron chi connectivity index (χ2n) is 3.38. The zero-order valence-corrected chi connectivity index (χ0v) is 7.64. The van der Waals surface area contributed by atoms with Crippen LogP contribution in [0.25, 0.3) is 0 Å². The molecule has 0 aromatic heterocycles. The van der Waals surface area contributed by atoms with Crippen molar-refractivity contribution in [2.75, 3.05) is 13.7 Å². The summed E-state index contributed by atoms with van der Waals surface area (Å²) in [5.74, 6) is 0.679. The van der Waals surface area contributed by atoms with E-state index in [0.29, 0.717) is 5.92 Å². The summed E-state index contributed by atoms with van der Waals surface area (Å²) in [6, 6.07) is 0. The summed E-state index contributed by atoms with van der Waals surface area (Å²) in [6.07, 6.45) is 6.18. The lowest BCUT2D eigenvalue weighted by atomic mass is 9.89. The summed E-state index contributed by atoms with van der Waals surface area (Å²) >= 11 is 0. The summed E-state index contributed by atoms with van der Waals surface area (Å²) in [7, 11) is 1.40. The first-order valence-electron chi connectivity index (χ1n) is 4.64. The van der Waals surface area contributed by atoms with E-state index < -0.39 is 0 Å². The Morgan fingerprint density at radius 2 is 2.17 bits per heavy atom. The number of carbonyl (C=O) groups excluding carboxylic acids is 1. The normalized spacial score (nSPS) is 18.8. The Kier molecular flexibility index (Phi) is 3.91. The van der Waals surface area contributed by atoms with Gasteiger partial charge in [-0.15, -0.1) is 0 Å². The maximum absolute atomic E-state index is 10.7. The summed E-state index contributed by atoms with van der Waals surface area (Å²) in [5, 5.41) is 2.74. The van der Waals surface area contributed by atoms with Crippen molar-refractivity contribution in [3.8, 4) is 0 Å². The topological polar surface area (TPSA) is 38.3 Å². The van der Waals surface area contributed by atoms with Crippen LogP contribution >= 0.6 is 0 Å². The van der Waals surface area contributed by atoms with Crippen molar-refractivity contribution in [3.05, 3.63) is 0 Å². The Bertz CT molecular complexity index is 147. The molecule has 3 nitrogen and oxygen atoms in total. The van der Waals surface area contributed by atoms with Crippen LogP contribution in [-0.4, -0.2) is 19.7 Å². The number of ether oxygens (including phenoxy) is 1. The van der Waals surface area contributed by atoms with Crippen LogP contribution < -0.4 is 5.32 Å². The molecule has 1 aliphatic carbocycles. The molecule has 0 aromatic carbocycles. The van der Waals surface area contributed by atoms with Crippen molar-refractivity contribution >= 4 is 6.09 Å². The predicted molar refractivity (Wildman–Crippen MR) is 49.1 cm³/mol. The van der Waals surface area contributed by atoms with E-state index in [1.54, 1.807) is 0 Å². The lowest BCUT2D eigenvalue weighted by Crippen LogP contribution is -2.29. The summed E-state index contributed by atoms with van der Waals surface area (Å²) < 4.78 is 4.49. The van der Waals surface area contributed by atoms with Gasteiger partial charge in [0.15, 0.2) is 0 Å². The second kappa shape index (κ2) is 5.01. The molecule has 0 unspecified atom stereocenters. The lowest BCUT2D eigenvalue weighted by molar-refractivity contribution is 0.167. The van der Waals surface area contributed by atoms with Crippen LogP contribution in [0.4, 0.5) is 4.79 Å². The Hall–Kier alpha value is -0.730. The van der Waals surface area contributed by atoms with E-state index in [1.807, 2.05) is 0 Å². The minimum absolute atomic E-state index is 0. The molecule has 0 spiro atoms. The third kappa shape index (κ3) is 3.11. The van der Waals surface area contributed by atoms with Crippen LogP contribution in [0.15, 0.2) is 0 Å². The second-order valence-corrected chi connectivity index (χ2v) is 3.38. The first kappa shape index (κ1) is 9.36. The Labute approximate surface area is 75.0 Å². The van der Waals surface area contributed by atoms with Gasteiger partial charge in [-0.25, -0.2) is 4.79 Å². The zero-order valence-electron chi connectivity index (χ0n) is 7.64. The molecule has 3 heteroatoms. The van der Waals surface area contributed by atoms with Crippen molar-refractivity contribution in [3.63, 3.8) is 0 Å². The van der Waals surface area contributed by atoms with Crippen LogP contribution in [0.3, 0.4) is 0 Å². The number of nitrogens with one attached hydrogen (secondary N) is 1. The van der Waals surface area contributed by atoms with Gasteiger partial charge in [0.2, 0.25) is 0 Å². The number of hydrogen-bond donors (Lipinski definition) is 1. The molecule has 1 amide bonds. The summed E-state index contributed by atoms with van der Waals surface area (Å²) in [6.45, 7) is 0.784. The highest BCUT2D eigenvalue weighted by Crippen LogP contribution is 2.22. The van der Waals surface area contributed by atoms with Gasteiger partial charge in [0.1, 0.15) is 0 Å². The highest BCUT2D eigenvalue weighted by atomic mass is 16.5. The van der Waals surface area contributed by atoms with Gasteiger partial charge in [0.05, 0.1) is 7.11 Å². The molecule has 0 aliphatic heterocycles. The van der Waals surface area contributed by atoms with Crippen molar-refractivity contribution in [1.82, 2.24) is 5.32 Å². The molecule has 1 saturated carbocycles. The van der Waals surface area contributed by atoms with Gasteiger partial charge < -0.3 is 10.1 Å². The molecule has 0 saturated heterocycles. The smallest absolute Gasteiger partial charge is 0.406 e. The molecule has 0 bridgehead atoms. The van der Waals surface area contributed by atoms with Crippen LogP contribution in [-0.2, 0) is 4.74 Å². The fourth-order valence-electron chi connectivity index (χ4n) is 1.69. The van der Waals surface area contributed by atoms with Crippen molar-refractivity contribution in [2.24, 2.45) is 5.92 Å². The van der Waals surface area contributed by atoms with E-state index in [0.717, 1.165) is 6.54 Å². The van der Waals surface area contributed by atoms with Crippen molar-refractivity contribution in [2.45, 2.75) is 32.1 Å². The quantitative estimate of drug-likeness (QED) is 0.695. The number of carbonyl (C=O) groups is 1. The highest BCUT2D eigenvalue weighted by Gasteiger charge is 2.13. The SMILES string of the molecule is COC(=O)NCC1CCCCC1.[HH]. The van der Waals surface area contributed by atoms with E-state index in [9.17, 15) is 4.79 Å². The van der Waals surface area contributed by atoms with E-state index >= 15 is 0 Å². The average molecular weight is 173 g/mol. The standard InChI is InChI=1S/C9H17NO2.H2/c1-12-9(11)10-7-8-5-3-2-4-6-8;/h8H,2-7H2,1H3,(H,10,11);1H. The van der Waals surface area contributed by atoms with Gasteiger partial charge in [-0.3, -0.25) is 0 Å². The van der Waals surface area contributed by atoms with Gasteiger partial charge in [0.25, 0.3) is 0 Å². The van der Waals surface area contributed by atoms with Crippen LogP contribution in [0.1, 0.15) is 33.5 Å². The molecular weight excluding hydrogens is 154 g/mol. The average Bonchev–Trinajstić information content (AvgIpc) is 2.16. The molecule has 0 aromatic rings. The minimum atomic E-state index is -0.305. The molecule has 1 fully saturated rings. The molecular formula is C9H19NO2. The molecule has 1 N–H and O–H groups in total. The number of amides is 1. The van der Waals surface area contributed by atoms with E-state index in [-0.39, 0.29) is 7.52 Å². The summed E-state index contributed by atoms with van der Waals surface area (Å²) in [5.41, 5.74) is 0. The summed E-state index contributed by atoms with van der Waals surface area (Å²) in [4.78, 5) is 10.7. The van der Waals surface area contributed by atoms with E-state index in [4.69, 9.17) is 0 Å². The third-order valence-corrected chi connectivity index (χ3v) is 2.45. The van der Waals surface area contributed by atoms with Crippen LogP contribution in [0.5, 0.6) is 0 Å². The monoisotopic (exact) mass is 173 g/mol. The van der Waals surface area contributed by atoms with E-state index in [2.05, 4.69) is 10.1 Å². The Balaban J connectivity index is 0.00000144. The van der Waals surface area contributed by atoms with Gasteiger partial charge in [-0.05, 0) is 18.8 Å². The van der Waals surface area contributed by atoms with Gasteiger partial charge in [0, 0.05) is 7.97 Å². The van der Waals surface area contributed by atoms with Crippen LogP contribution in [0.2, 0.25) is 0 Å². The Morgan fingerprint density at radius 1 is 1.50 bits per heavy atom. The number of methoxy groups -OCH3 is 1. The third-order valence-electron chi connectivity index (χ3n) is 2.45. The molecule has 0 atom stereocenters. The highest BCUT2D eigenvalue weighted by molar-refractivity contribution is 5.66. The fourth-order valence-corrected chi connectivity index (χ4v) is 1.69. The molecule has 72 valence electrons. The molecule has 0 heterocycles. The molecule has 1 aliphatic rings. The molecule has 1 rings (SSSR count). The maximum Gasteiger partial charge on any atom is 0.406 e. The largest absolute Gasteiger partial charge is 0.453 e.